The summed E-state index contributed by atoms with van der Waals surface area (Å²) in [5.41, 5.74) is 1.52. The number of ether oxygens (including phenoxy) is 3. The Labute approximate surface area is 138 Å². The molecule has 1 aromatic carbocycles. The van der Waals surface area contributed by atoms with E-state index in [0.29, 0.717) is 0 Å². The number of benzene rings is 1. The largest absolute Gasteiger partial charge is 0.465 e. The smallest absolute Gasteiger partial charge is 0.373 e. The second kappa shape index (κ2) is 6.19. The molecule has 21 heavy (non-hydrogen) atoms. The number of carbonyl (C=O) groups is 2. The minimum absolute atomic E-state index is 0.0887. The summed E-state index contributed by atoms with van der Waals surface area (Å²) in [4.78, 5) is 23.4. The number of methoxy groups -OCH3 is 2. The van der Waals surface area contributed by atoms with Crippen molar-refractivity contribution in [2.24, 2.45) is 0 Å². The van der Waals surface area contributed by atoms with E-state index in [2.05, 4.69) is 36.6 Å². The molecular weight excluding hydrogens is 408 g/mol. The molecule has 0 N–H and O–H groups in total. The summed E-state index contributed by atoms with van der Waals surface area (Å²) >= 11 is 6.69. The van der Waals surface area contributed by atoms with Gasteiger partial charge in [0, 0.05) is 0 Å². The lowest BCUT2D eigenvalue weighted by Gasteiger charge is -2.29. The van der Waals surface area contributed by atoms with Gasteiger partial charge in [-0.2, -0.15) is 0 Å². The summed E-state index contributed by atoms with van der Waals surface area (Å²) in [6.07, 6.45) is 1.53. The Morgan fingerprint density at radius 3 is 2.52 bits per heavy atom. The van der Waals surface area contributed by atoms with Gasteiger partial charge in [-0.05, 0) is 33.1 Å². The van der Waals surface area contributed by atoms with Crippen molar-refractivity contribution >= 4 is 49.9 Å². The van der Waals surface area contributed by atoms with E-state index < -0.39 is 21.3 Å². The summed E-state index contributed by atoms with van der Waals surface area (Å²) in [5, 5.41) is 0. The molecule has 0 saturated carbocycles. The molecule has 1 aliphatic rings. The molecule has 0 aliphatic carbocycles. The molecule has 2 unspecified atom stereocenters. The first-order valence-corrected chi connectivity index (χ1v) is 7.64. The van der Waals surface area contributed by atoms with Crippen LogP contribution in [0.3, 0.4) is 0 Å². The van der Waals surface area contributed by atoms with E-state index in [1.165, 1.54) is 20.3 Å². The van der Waals surface area contributed by atoms with Gasteiger partial charge in [-0.3, -0.25) is 0 Å². The van der Waals surface area contributed by atoms with E-state index in [1.807, 2.05) is 24.3 Å². The number of esters is 2. The van der Waals surface area contributed by atoms with E-state index in [0.717, 1.165) is 11.1 Å². The van der Waals surface area contributed by atoms with E-state index in [4.69, 9.17) is 9.47 Å². The minimum atomic E-state index is -1.58. The number of hydrogen-bond acceptors (Lipinski definition) is 5. The molecule has 1 aromatic rings. The van der Waals surface area contributed by atoms with Gasteiger partial charge in [-0.15, -0.1) is 0 Å². The van der Waals surface area contributed by atoms with Crippen LogP contribution in [-0.4, -0.2) is 30.7 Å². The quantitative estimate of drug-likeness (QED) is 0.544. The molecule has 112 valence electrons. The van der Waals surface area contributed by atoms with Crippen LogP contribution in [0.5, 0.6) is 0 Å². The van der Waals surface area contributed by atoms with Crippen molar-refractivity contribution in [1.29, 1.82) is 0 Å². The highest BCUT2D eigenvalue weighted by atomic mass is 79.9. The summed E-state index contributed by atoms with van der Waals surface area (Å²) in [6.45, 7) is 0. The molecule has 0 radical (unpaired) electrons. The van der Waals surface area contributed by atoms with Gasteiger partial charge < -0.3 is 14.2 Å². The second-order valence-corrected chi connectivity index (χ2v) is 6.32. The topological polar surface area (TPSA) is 61.8 Å². The summed E-state index contributed by atoms with van der Waals surface area (Å²) in [5.74, 6) is -1.44. The maximum absolute atomic E-state index is 12.1. The molecule has 0 amide bonds. The maximum Gasteiger partial charge on any atom is 0.373 e. The fraction of sp³-hybridized carbons (Fsp3) is 0.286. The van der Waals surface area contributed by atoms with E-state index in [1.54, 1.807) is 0 Å². The summed E-state index contributed by atoms with van der Waals surface area (Å²) < 4.78 is 13.5. The Balaban J connectivity index is 2.62. The lowest BCUT2D eigenvalue weighted by atomic mass is 10.0. The molecule has 1 heterocycles. The highest BCUT2D eigenvalue weighted by molar-refractivity contribution is 9.12. The van der Waals surface area contributed by atoms with Gasteiger partial charge in [0.1, 0.15) is 4.83 Å². The van der Waals surface area contributed by atoms with Crippen LogP contribution in [-0.2, 0) is 23.8 Å². The fourth-order valence-corrected chi connectivity index (χ4v) is 3.22. The number of halogens is 2. The van der Waals surface area contributed by atoms with Gasteiger partial charge in [0.15, 0.2) is 0 Å². The third kappa shape index (κ3) is 2.85. The second-order valence-electron chi connectivity index (χ2n) is 4.23. The molecule has 0 bridgehead atoms. The number of hydrogen-bond donors (Lipinski definition) is 0. The first-order valence-electron chi connectivity index (χ1n) is 5.93. The zero-order valence-corrected chi connectivity index (χ0v) is 14.4. The monoisotopic (exact) mass is 418 g/mol. The Morgan fingerprint density at radius 1 is 1.24 bits per heavy atom. The highest BCUT2D eigenvalue weighted by Crippen LogP contribution is 2.47. The lowest BCUT2D eigenvalue weighted by Crippen LogP contribution is -2.40. The zero-order chi connectivity index (χ0) is 15.6. The van der Waals surface area contributed by atoms with Gasteiger partial charge in [0.05, 0.1) is 14.2 Å². The van der Waals surface area contributed by atoms with Crippen molar-refractivity contribution in [1.82, 2.24) is 0 Å². The third-order valence-corrected chi connectivity index (χ3v) is 5.69. The Hall–Kier alpha value is -1.34. The average Bonchev–Trinajstić information content (AvgIpc) is 2.62. The van der Waals surface area contributed by atoms with Gasteiger partial charge in [-0.25, -0.2) is 9.59 Å². The van der Waals surface area contributed by atoms with Gasteiger partial charge >= 0.3 is 11.9 Å². The van der Waals surface area contributed by atoms with E-state index in [9.17, 15) is 9.59 Å². The summed E-state index contributed by atoms with van der Waals surface area (Å²) in [7, 11) is 2.48. The SMILES string of the molecule is COC(=O)C1=Cc2ccccc2C(Br)C(Br)(C(=O)OC)O1. The van der Waals surface area contributed by atoms with Crippen molar-refractivity contribution in [3.8, 4) is 0 Å². The Morgan fingerprint density at radius 2 is 1.90 bits per heavy atom. The van der Waals surface area contributed by atoms with Crippen molar-refractivity contribution in [2.75, 3.05) is 14.2 Å². The normalized spacial score (nSPS) is 24.0. The lowest BCUT2D eigenvalue weighted by molar-refractivity contribution is -0.156. The molecular formula is C14H12Br2O5. The van der Waals surface area contributed by atoms with Crippen LogP contribution in [0.4, 0.5) is 0 Å². The van der Waals surface area contributed by atoms with Gasteiger partial charge in [-0.1, -0.05) is 40.2 Å². The van der Waals surface area contributed by atoms with Crippen LogP contribution in [0.25, 0.3) is 6.08 Å². The van der Waals surface area contributed by atoms with Crippen LogP contribution in [0.15, 0.2) is 30.0 Å². The predicted molar refractivity (Wildman–Crippen MR) is 82.9 cm³/mol. The molecule has 7 heteroatoms. The van der Waals surface area contributed by atoms with Crippen LogP contribution in [0.2, 0.25) is 0 Å². The number of rotatable bonds is 2. The molecule has 0 fully saturated rings. The van der Waals surface area contributed by atoms with Crippen LogP contribution >= 0.6 is 31.9 Å². The molecule has 2 rings (SSSR count). The number of alkyl halides is 2. The highest BCUT2D eigenvalue weighted by Gasteiger charge is 2.50. The van der Waals surface area contributed by atoms with E-state index in [-0.39, 0.29) is 5.76 Å². The van der Waals surface area contributed by atoms with Crippen LogP contribution in [0, 0.1) is 0 Å². The molecule has 0 spiro atoms. The van der Waals surface area contributed by atoms with Crippen LogP contribution in [0.1, 0.15) is 16.0 Å². The number of fused-ring (bicyclic) bond motifs is 1. The average molecular weight is 420 g/mol. The molecule has 5 nitrogen and oxygen atoms in total. The summed E-state index contributed by atoms with van der Waals surface area (Å²) in [6, 6.07) is 7.29. The Kier molecular flexibility index (Phi) is 4.73. The maximum atomic E-state index is 12.1. The molecule has 2 atom stereocenters. The predicted octanol–water partition coefficient (Wildman–Crippen LogP) is 2.93. The third-order valence-electron chi connectivity index (χ3n) is 2.99. The molecule has 1 aliphatic heterocycles. The molecule has 0 aromatic heterocycles. The van der Waals surface area contributed by atoms with Crippen molar-refractivity contribution < 1.29 is 23.8 Å². The van der Waals surface area contributed by atoms with E-state index >= 15 is 0 Å². The standard InChI is InChI=1S/C14H12Br2O5/c1-19-12(17)10-7-8-5-3-4-6-9(8)11(15)14(16,21-10)13(18)20-2/h3-7,11H,1-2H3. The number of carbonyl (C=O) groups excluding carboxylic acids is 2. The van der Waals surface area contributed by atoms with Gasteiger partial charge in [0.25, 0.3) is 4.51 Å². The van der Waals surface area contributed by atoms with Gasteiger partial charge in [0.2, 0.25) is 5.76 Å². The fourth-order valence-electron chi connectivity index (χ4n) is 1.94. The minimum Gasteiger partial charge on any atom is -0.465 e. The molecule has 0 saturated heterocycles. The zero-order valence-electron chi connectivity index (χ0n) is 11.3. The van der Waals surface area contributed by atoms with Crippen molar-refractivity contribution in [3.05, 3.63) is 41.2 Å². The van der Waals surface area contributed by atoms with Crippen molar-refractivity contribution in [3.63, 3.8) is 0 Å². The first kappa shape index (κ1) is 16.0. The van der Waals surface area contributed by atoms with Crippen molar-refractivity contribution in [2.45, 2.75) is 9.34 Å². The first-order chi connectivity index (χ1) is 9.93. The van der Waals surface area contributed by atoms with Crippen LogP contribution < -0.4 is 0 Å². The Bertz CT molecular complexity index is 613.